The second-order valence-electron chi connectivity index (χ2n) is 8.75. The molecule has 31 heavy (non-hydrogen) atoms. The van der Waals surface area contributed by atoms with Crippen LogP contribution in [0, 0.1) is 12.8 Å². The molecule has 8 heteroatoms. The van der Waals surface area contributed by atoms with Gasteiger partial charge in [-0.1, -0.05) is 35.5 Å². The minimum absolute atomic E-state index is 0.0333. The number of aryl methyl sites for hydroxylation is 2. The van der Waals surface area contributed by atoms with Gasteiger partial charge in [-0.2, -0.15) is 4.98 Å². The summed E-state index contributed by atoms with van der Waals surface area (Å²) in [5, 5.41) is 7.18. The third kappa shape index (κ3) is 4.63. The van der Waals surface area contributed by atoms with Gasteiger partial charge >= 0.3 is 0 Å². The highest BCUT2D eigenvalue weighted by molar-refractivity contribution is 5.78. The van der Waals surface area contributed by atoms with Crippen LogP contribution in [0.2, 0.25) is 0 Å². The molecule has 0 radical (unpaired) electrons. The van der Waals surface area contributed by atoms with Crippen molar-refractivity contribution >= 4 is 11.8 Å². The molecular formula is C23H30N4O4. The number of ether oxygens (including phenoxy) is 1. The van der Waals surface area contributed by atoms with E-state index in [9.17, 15) is 9.59 Å². The monoisotopic (exact) mass is 426 g/mol. The molecule has 0 bridgehead atoms. The molecule has 1 aromatic carbocycles. The number of hydrogen-bond donors (Lipinski definition) is 1. The van der Waals surface area contributed by atoms with Gasteiger partial charge in [-0.05, 0) is 44.1 Å². The Hall–Kier alpha value is -2.74. The minimum Gasteiger partial charge on any atom is -0.375 e. The Morgan fingerprint density at radius 3 is 2.84 bits per heavy atom. The average Bonchev–Trinajstić information content (AvgIpc) is 3.41. The Morgan fingerprint density at radius 2 is 2.13 bits per heavy atom. The standard InChI is InChI=1S/C23H30N4O4/c1-16-24-22(31-26-16)23-12-19(11-18(23)13-27(15-23)21(29)14-30-2)25-20(28)10-6-9-17-7-4-3-5-8-17/h3-5,7-8,18-19H,6,9-15H2,1-2H3,(H,25,28)/t18?,19-,23+/m1/s1. The van der Waals surface area contributed by atoms with Crippen LogP contribution in [0.4, 0.5) is 0 Å². The van der Waals surface area contributed by atoms with Gasteiger partial charge in [0.05, 0.1) is 5.41 Å². The maximum absolute atomic E-state index is 12.6. The van der Waals surface area contributed by atoms with Gasteiger partial charge in [0.25, 0.3) is 0 Å². The van der Waals surface area contributed by atoms with Crippen LogP contribution in [-0.2, 0) is 26.2 Å². The van der Waals surface area contributed by atoms with E-state index < -0.39 is 5.41 Å². The van der Waals surface area contributed by atoms with Gasteiger partial charge in [0, 0.05) is 32.7 Å². The first-order valence-corrected chi connectivity index (χ1v) is 10.9. The number of hydrogen-bond acceptors (Lipinski definition) is 6. The van der Waals surface area contributed by atoms with E-state index in [0.29, 0.717) is 37.6 Å². The first-order valence-electron chi connectivity index (χ1n) is 10.9. The predicted octanol–water partition coefficient (Wildman–Crippen LogP) is 2.02. The summed E-state index contributed by atoms with van der Waals surface area (Å²) in [6.45, 7) is 2.99. The number of fused-ring (bicyclic) bond motifs is 1. The van der Waals surface area contributed by atoms with E-state index in [0.717, 1.165) is 19.3 Å². The third-order valence-electron chi connectivity index (χ3n) is 6.53. The summed E-state index contributed by atoms with van der Waals surface area (Å²) in [6, 6.07) is 10.3. The summed E-state index contributed by atoms with van der Waals surface area (Å²) in [7, 11) is 1.52. The van der Waals surface area contributed by atoms with Crippen LogP contribution >= 0.6 is 0 Å². The summed E-state index contributed by atoms with van der Waals surface area (Å²) in [4.78, 5) is 31.3. The molecule has 1 N–H and O–H groups in total. The van der Waals surface area contributed by atoms with Gasteiger partial charge in [0.1, 0.15) is 6.61 Å². The van der Waals surface area contributed by atoms with Crippen LogP contribution in [0.15, 0.2) is 34.9 Å². The Kier molecular flexibility index (Phi) is 6.36. The molecular weight excluding hydrogens is 396 g/mol. The van der Waals surface area contributed by atoms with Crippen molar-refractivity contribution in [3.8, 4) is 0 Å². The number of likely N-dealkylation sites (tertiary alicyclic amines) is 1. The molecule has 1 saturated heterocycles. The molecule has 2 amide bonds. The number of benzene rings is 1. The van der Waals surface area contributed by atoms with Crippen molar-refractivity contribution in [2.75, 3.05) is 26.8 Å². The Balaban J connectivity index is 1.37. The average molecular weight is 427 g/mol. The van der Waals surface area contributed by atoms with Gasteiger partial charge in [0.15, 0.2) is 5.82 Å². The Morgan fingerprint density at radius 1 is 1.32 bits per heavy atom. The molecule has 4 rings (SSSR count). The molecule has 1 aliphatic heterocycles. The fourth-order valence-electron chi connectivity index (χ4n) is 5.11. The molecule has 2 aliphatic rings. The van der Waals surface area contributed by atoms with Crippen molar-refractivity contribution in [3.05, 3.63) is 47.6 Å². The van der Waals surface area contributed by atoms with E-state index >= 15 is 0 Å². The topological polar surface area (TPSA) is 97.6 Å². The van der Waals surface area contributed by atoms with E-state index in [1.807, 2.05) is 23.1 Å². The lowest BCUT2D eigenvalue weighted by Gasteiger charge is -2.25. The fourth-order valence-corrected chi connectivity index (χ4v) is 5.11. The fraction of sp³-hybridized carbons (Fsp3) is 0.565. The zero-order valence-electron chi connectivity index (χ0n) is 18.2. The summed E-state index contributed by atoms with van der Waals surface area (Å²) < 4.78 is 10.6. The van der Waals surface area contributed by atoms with Gasteiger partial charge < -0.3 is 19.5 Å². The lowest BCUT2D eigenvalue weighted by atomic mass is 9.80. The molecule has 1 unspecified atom stereocenters. The number of carbonyl (C=O) groups is 2. The quantitative estimate of drug-likeness (QED) is 0.694. The lowest BCUT2D eigenvalue weighted by Crippen LogP contribution is -2.40. The summed E-state index contributed by atoms with van der Waals surface area (Å²) >= 11 is 0. The summed E-state index contributed by atoms with van der Waals surface area (Å²) in [5.41, 5.74) is 0.837. The molecule has 3 atom stereocenters. The molecule has 8 nitrogen and oxygen atoms in total. The predicted molar refractivity (Wildman–Crippen MR) is 113 cm³/mol. The van der Waals surface area contributed by atoms with Crippen LogP contribution in [0.3, 0.4) is 0 Å². The molecule has 1 aromatic heterocycles. The van der Waals surface area contributed by atoms with E-state index in [1.165, 1.54) is 12.7 Å². The van der Waals surface area contributed by atoms with Crippen LogP contribution < -0.4 is 5.32 Å². The van der Waals surface area contributed by atoms with Crippen molar-refractivity contribution in [2.24, 2.45) is 5.92 Å². The van der Waals surface area contributed by atoms with Crippen molar-refractivity contribution < 1.29 is 18.8 Å². The molecule has 1 saturated carbocycles. The number of nitrogens with one attached hydrogen (secondary N) is 1. The van der Waals surface area contributed by atoms with Crippen LogP contribution in [0.1, 0.15) is 43.0 Å². The Bertz CT molecular complexity index is 915. The smallest absolute Gasteiger partial charge is 0.248 e. The summed E-state index contributed by atoms with van der Waals surface area (Å²) in [6.07, 6.45) is 3.70. The van der Waals surface area contributed by atoms with Crippen LogP contribution in [0.5, 0.6) is 0 Å². The zero-order chi connectivity index (χ0) is 21.8. The lowest BCUT2D eigenvalue weighted by molar-refractivity contribution is -0.134. The van der Waals surface area contributed by atoms with E-state index in [4.69, 9.17) is 9.26 Å². The van der Waals surface area contributed by atoms with Gasteiger partial charge in [0.2, 0.25) is 17.7 Å². The number of aromatic nitrogens is 2. The molecule has 2 aromatic rings. The maximum Gasteiger partial charge on any atom is 0.248 e. The number of amides is 2. The number of rotatable bonds is 8. The third-order valence-corrected chi connectivity index (χ3v) is 6.53. The minimum atomic E-state index is -0.410. The van der Waals surface area contributed by atoms with Crippen molar-refractivity contribution in [1.29, 1.82) is 0 Å². The normalized spacial score (nSPS) is 24.9. The van der Waals surface area contributed by atoms with Crippen LogP contribution in [-0.4, -0.2) is 59.7 Å². The summed E-state index contributed by atoms with van der Waals surface area (Å²) in [5.74, 6) is 1.36. The van der Waals surface area contributed by atoms with Crippen molar-refractivity contribution in [1.82, 2.24) is 20.4 Å². The van der Waals surface area contributed by atoms with Crippen molar-refractivity contribution in [2.45, 2.75) is 50.5 Å². The van der Waals surface area contributed by atoms with E-state index in [1.54, 1.807) is 6.92 Å². The SMILES string of the molecule is COCC(=O)N1CC2C[C@@H](NC(=O)CCCc3ccccc3)C[C@]2(c2nc(C)no2)C1. The highest BCUT2D eigenvalue weighted by Crippen LogP contribution is 2.50. The maximum atomic E-state index is 12.6. The number of methoxy groups -OCH3 is 1. The number of carbonyl (C=O) groups excluding carboxylic acids is 2. The first kappa shape index (κ1) is 21.5. The molecule has 0 spiro atoms. The van der Waals surface area contributed by atoms with Gasteiger partial charge in [-0.15, -0.1) is 0 Å². The van der Waals surface area contributed by atoms with Crippen LogP contribution in [0.25, 0.3) is 0 Å². The van der Waals surface area contributed by atoms with Crippen molar-refractivity contribution in [3.63, 3.8) is 0 Å². The Labute approximate surface area is 182 Å². The van der Waals surface area contributed by atoms with E-state index in [-0.39, 0.29) is 30.4 Å². The van der Waals surface area contributed by atoms with E-state index in [2.05, 4.69) is 27.6 Å². The molecule has 166 valence electrons. The number of nitrogens with zero attached hydrogens (tertiary/aromatic N) is 3. The zero-order valence-corrected chi connectivity index (χ0v) is 18.2. The second kappa shape index (κ2) is 9.18. The molecule has 2 fully saturated rings. The van der Waals surface area contributed by atoms with Gasteiger partial charge in [-0.3, -0.25) is 9.59 Å². The van der Waals surface area contributed by atoms with Gasteiger partial charge in [-0.25, -0.2) is 0 Å². The highest BCUT2D eigenvalue weighted by atomic mass is 16.5. The molecule has 2 heterocycles. The highest BCUT2D eigenvalue weighted by Gasteiger charge is 2.58. The molecule has 1 aliphatic carbocycles. The first-order chi connectivity index (χ1) is 15.0. The largest absolute Gasteiger partial charge is 0.375 e. The second-order valence-corrected chi connectivity index (χ2v) is 8.75.